The van der Waals surface area contributed by atoms with Gasteiger partial charge in [-0.15, -0.1) is 0 Å². The summed E-state index contributed by atoms with van der Waals surface area (Å²) < 4.78 is 38.8. The summed E-state index contributed by atoms with van der Waals surface area (Å²) in [6.07, 6.45) is 3.30. The molecule has 0 radical (unpaired) electrons. The molecule has 3 heterocycles. The summed E-state index contributed by atoms with van der Waals surface area (Å²) >= 11 is 0. The van der Waals surface area contributed by atoms with Crippen molar-refractivity contribution in [2.75, 3.05) is 44.8 Å². The van der Waals surface area contributed by atoms with E-state index in [0.717, 1.165) is 37.1 Å². The van der Waals surface area contributed by atoms with Gasteiger partial charge in [0, 0.05) is 37.6 Å². The SMILES string of the molecule is CNS(=O)(=O)c1cccc(OC[C@@H](O)CN[C@H]2COC3(CCN(c4cccc[n+]4[O-])CC3)C2)c1. The van der Waals surface area contributed by atoms with E-state index in [2.05, 4.69) is 14.9 Å². The van der Waals surface area contributed by atoms with Gasteiger partial charge in [-0.25, -0.2) is 17.9 Å². The van der Waals surface area contributed by atoms with Crippen LogP contribution in [0.25, 0.3) is 0 Å². The number of ether oxygens (including phenoxy) is 2. The van der Waals surface area contributed by atoms with Crippen LogP contribution < -0.4 is 24.4 Å². The van der Waals surface area contributed by atoms with Gasteiger partial charge in [0.25, 0.3) is 5.82 Å². The van der Waals surface area contributed by atoms with Crippen molar-refractivity contribution in [1.29, 1.82) is 0 Å². The fourth-order valence-corrected chi connectivity index (χ4v) is 5.30. The lowest BCUT2D eigenvalue weighted by molar-refractivity contribution is -0.592. The van der Waals surface area contributed by atoms with Crippen LogP contribution in [0.2, 0.25) is 0 Å². The number of benzene rings is 1. The molecule has 2 atom stereocenters. The van der Waals surface area contributed by atoms with Gasteiger partial charge in [0.15, 0.2) is 0 Å². The Morgan fingerprint density at radius 1 is 1.29 bits per heavy atom. The van der Waals surface area contributed by atoms with E-state index in [1.807, 2.05) is 12.1 Å². The lowest BCUT2D eigenvalue weighted by atomic mass is 9.87. The van der Waals surface area contributed by atoms with Gasteiger partial charge in [-0.3, -0.25) is 4.90 Å². The first kappa shape index (κ1) is 24.7. The maximum Gasteiger partial charge on any atom is 0.279 e. The quantitative estimate of drug-likeness (QED) is 0.339. The topological polar surface area (TPSA) is 127 Å². The zero-order chi connectivity index (χ0) is 24.2. The Kier molecular flexibility index (Phi) is 7.58. The molecule has 0 unspecified atom stereocenters. The Bertz CT molecular complexity index is 1070. The van der Waals surface area contributed by atoms with E-state index in [-0.39, 0.29) is 23.1 Å². The summed E-state index contributed by atoms with van der Waals surface area (Å²) in [5, 5.41) is 25.7. The van der Waals surface area contributed by atoms with Gasteiger partial charge in [0.2, 0.25) is 10.0 Å². The minimum atomic E-state index is -3.55. The molecular weight excluding hydrogens is 460 g/mol. The van der Waals surface area contributed by atoms with Crippen molar-refractivity contribution >= 4 is 15.8 Å². The minimum Gasteiger partial charge on any atom is -0.711 e. The lowest BCUT2D eigenvalue weighted by Gasteiger charge is -2.36. The highest BCUT2D eigenvalue weighted by atomic mass is 32.2. The third-order valence-corrected chi connectivity index (χ3v) is 7.89. The monoisotopic (exact) mass is 492 g/mol. The van der Waals surface area contributed by atoms with E-state index in [1.165, 1.54) is 25.4 Å². The molecule has 2 saturated heterocycles. The number of hydrogen-bond acceptors (Lipinski definition) is 8. The number of nitrogens with zero attached hydrogens (tertiary/aromatic N) is 2. The van der Waals surface area contributed by atoms with Crippen molar-refractivity contribution in [2.24, 2.45) is 0 Å². The second-order valence-corrected chi connectivity index (χ2v) is 10.7. The van der Waals surface area contributed by atoms with Crippen LogP contribution >= 0.6 is 0 Å². The zero-order valence-electron chi connectivity index (χ0n) is 19.2. The van der Waals surface area contributed by atoms with Crippen LogP contribution in [0.1, 0.15) is 19.3 Å². The van der Waals surface area contributed by atoms with Crippen LogP contribution in [-0.4, -0.2) is 71.2 Å². The first-order valence-electron chi connectivity index (χ1n) is 11.5. The molecule has 0 saturated carbocycles. The zero-order valence-corrected chi connectivity index (χ0v) is 20.0. The van der Waals surface area contributed by atoms with Crippen molar-refractivity contribution < 1.29 is 27.7 Å². The number of aliphatic hydroxyl groups excluding tert-OH is 1. The second-order valence-electron chi connectivity index (χ2n) is 8.82. The molecule has 1 spiro atoms. The molecule has 11 heteroatoms. The molecule has 10 nitrogen and oxygen atoms in total. The number of anilines is 1. The van der Waals surface area contributed by atoms with Gasteiger partial charge in [0.05, 0.1) is 36.4 Å². The molecule has 3 N–H and O–H groups in total. The largest absolute Gasteiger partial charge is 0.711 e. The molecule has 2 fully saturated rings. The molecule has 4 rings (SSSR count). The summed E-state index contributed by atoms with van der Waals surface area (Å²) in [4.78, 5) is 2.21. The van der Waals surface area contributed by atoms with Crippen molar-refractivity contribution in [3.63, 3.8) is 0 Å². The molecule has 1 aromatic carbocycles. The maximum absolute atomic E-state index is 12.0. The fraction of sp³-hybridized carbons (Fsp3) is 0.522. The third-order valence-electron chi connectivity index (χ3n) is 6.48. The van der Waals surface area contributed by atoms with Crippen molar-refractivity contribution in [1.82, 2.24) is 10.0 Å². The molecule has 0 aliphatic carbocycles. The van der Waals surface area contributed by atoms with Gasteiger partial charge in [-0.05, 0) is 31.7 Å². The van der Waals surface area contributed by atoms with E-state index in [9.17, 15) is 18.7 Å². The van der Waals surface area contributed by atoms with Crippen LogP contribution in [0.5, 0.6) is 5.75 Å². The average molecular weight is 493 g/mol. The number of aromatic nitrogens is 1. The Morgan fingerprint density at radius 2 is 2.09 bits per heavy atom. The average Bonchev–Trinajstić information content (AvgIpc) is 3.25. The van der Waals surface area contributed by atoms with Crippen molar-refractivity contribution in [3.8, 4) is 5.75 Å². The predicted octanol–water partition coefficient (Wildman–Crippen LogP) is 0.386. The number of piperidine rings is 1. The molecule has 186 valence electrons. The van der Waals surface area contributed by atoms with Crippen LogP contribution in [0.15, 0.2) is 53.6 Å². The third kappa shape index (κ3) is 5.78. The predicted molar refractivity (Wildman–Crippen MR) is 126 cm³/mol. The van der Waals surface area contributed by atoms with Crippen LogP contribution in [0, 0.1) is 5.21 Å². The van der Waals surface area contributed by atoms with Crippen molar-refractivity contribution in [3.05, 3.63) is 53.9 Å². The Labute approximate surface area is 200 Å². The van der Waals surface area contributed by atoms with E-state index in [1.54, 1.807) is 18.2 Å². The Hall–Kier alpha value is -2.44. The number of pyridine rings is 1. The number of aliphatic hydroxyl groups is 1. The molecule has 1 aromatic heterocycles. The Balaban J connectivity index is 1.21. The van der Waals surface area contributed by atoms with Crippen molar-refractivity contribution in [2.45, 2.75) is 41.9 Å². The van der Waals surface area contributed by atoms with Crippen LogP contribution in [0.3, 0.4) is 0 Å². The molecular formula is C23H32N4O6S. The fourth-order valence-electron chi connectivity index (χ4n) is 4.53. The standard InChI is InChI=1S/C23H32N4O6S/c1-24-34(30,31)21-6-4-5-20(13-21)32-17-19(28)15-25-18-14-23(33-16-18)8-11-26(12-9-23)22-7-2-3-10-27(22)29/h2-7,10,13,18-19,24-25,28H,8-9,11-12,14-17H2,1H3/t18-,19+/m1/s1. The van der Waals surface area contributed by atoms with Gasteiger partial charge < -0.3 is 25.1 Å². The highest BCUT2D eigenvalue weighted by Crippen LogP contribution is 2.36. The smallest absolute Gasteiger partial charge is 0.279 e. The van der Waals surface area contributed by atoms with Gasteiger partial charge >= 0.3 is 0 Å². The van der Waals surface area contributed by atoms with Crippen LogP contribution in [-0.2, 0) is 14.8 Å². The highest BCUT2D eigenvalue weighted by Gasteiger charge is 2.44. The molecule has 34 heavy (non-hydrogen) atoms. The van der Waals surface area contributed by atoms with E-state index in [4.69, 9.17) is 9.47 Å². The number of rotatable bonds is 9. The molecule has 2 aliphatic rings. The Morgan fingerprint density at radius 3 is 2.82 bits per heavy atom. The summed E-state index contributed by atoms with van der Waals surface area (Å²) in [7, 11) is -2.20. The summed E-state index contributed by atoms with van der Waals surface area (Å²) in [6.45, 7) is 2.47. The first-order chi connectivity index (χ1) is 16.3. The highest BCUT2D eigenvalue weighted by molar-refractivity contribution is 7.89. The molecule has 2 aliphatic heterocycles. The molecule has 2 aromatic rings. The van der Waals surface area contributed by atoms with E-state index < -0.39 is 16.1 Å². The maximum atomic E-state index is 12.0. The molecule has 0 bridgehead atoms. The summed E-state index contributed by atoms with van der Waals surface area (Å²) in [6, 6.07) is 11.7. The minimum absolute atomic E-state index is 0.0377. The molecule has 0 amide bonds. The second kappa shape index (κ2) is 10.4. The van der Waals surface area contributed by atoms with E-state index in [0.29, 0.717) is 24.7 Å². The number of sulfonamides is 1. The first-order valence-corrected chi connectivity index (χ1v) is 12.9. The van der Waals surface area contributed by atoms with Gasteiger partial charge in [-0.1, -0.05) is 12.1 Å². The van der Waals surface area contributed by atoms with Gasteiger partial charge in [-0.2, -0.15) is 0 Å². The van der Waals surface area contributed by atoms with Crippen LogP contribution in [0.4, 0.5) is 5.82 Å². The normalized spacial score (nSPS) is 21.0. The summed E-state index contributed by atoms with van der Waals surface area (Å²) in [5.74, 6) is 1.05. The van der Waals surface area contributed by atoms with E-state index >= 15 is 0 Å². The lowest BCUT2D eigenvalue weighted by Crippen LogP contribution is -2.48. The summed E-state index contributed by atoms with van der Waals surface area (Å²) in [5.41, 5.74) is -0.197. The number of hydrogen-bond donors (Lipinski definition) is 3. The van der Waals surface area contributed by atoms with Gasteiger partial charge in [0.1, 0.15) is 18.5 Å². The number of nitrogens with one attached hydrogen (secondary N) is 2.